The number of anilines is 2. The Morgan fingerprint density at radius 1 is 1.14 bits per heavy atom. The molecule has 1 N–H and O–H groups in total. The second-order valence-electron chi connectivity index (χ2n) is 7.40. The molecule has 0 atom stereocenters. The van der Waals surface area contributed by atoms with Gasteiger partial charge in [0.15, 0.2) is 9.84 Å². The number of benzene rings is 2. The Morgan fingerprint density at radius 3 is 2.62 bits per heavy atom. The molecular weight excluding hydrogens is 412 g/mol. The molecule has 0 unspecified atom stereocenters. The van der Waals surface area contributed by atoms with Crippen LogP contribution in [0, 0.1) is 5.92 Å². The number of halogens is 1. The Bertz CT molecular complexity index is 1080. The normalized spacial score (nSPS) is 15.8. The molecule has 2 amide bonds. The number of sulfone groups is 1. The van der Waals surface area contributed by atoms with Crippen LogP contribution in [0.2, 0.25) is 5.02 Å². The topological polar surface area (TPSA) is 83.6 Å². The summed E-state index contributed by atoms with van der Waals surface area (Å²) < 4.78 is 25.4. The molecule has 0 radical (unpaired) electrons. The molecule has 1 heterocycles. The lowest BCUT2D eigenvalue weighted by Crippen LogP contribution is -2.30. The summed E-state index contributed by atoms with van der Waals surface area (Å²) in [5.74, 6) is -0.451. The Labute approximate surface area is 174 Å². The lowest BCUT2D eigenvalue weighted by molar-refractivity contribution is -0.119. The second-order valence-corrected chi connectivity index (χ2v) is 9.92. The molecule has 1 fully saturated rings. The molecule has 4 rings (SSSR count). The van der Waals surface area contributed by atoms with Gasteiger partial charge in [-0.05, 0) is 55.2 Å². The maximum atomic E-state index is 12.7. The maximum absolute atomic E-state index is 12.7. The molecule has 1 aliphatic carbocycles. The van der Waals surface area contributed by atoms with E-state index in [9.17, 15) is 18.0 Å². The number of carbonyl (C=O) groups excluding carboxylic acids is 2. The van der Waals surface area contributed by atoms with Crippen molar-refractivity contribution in [3.63, 3.8) is 0 Å². The van der Waals surface area contributed by atoms with Crippen LogP contribution in [0.25, 0.3) is 0 Å². The van der Waals surface area contributed by atoms with Crippen molar-refractivity contribution in [2.24, 2.45) is 5.92 Å². The highest BCUT2D eigenvalue weighted by molar-refractivity contribution is 7.91. The van der Waals surface area contributed by atoms with Crippen LogP contribution in [0.1, 0.15) is 24.8 Å². The lowest BCUT2D eigenvalue weighted by atomic mass is 10.2. The SMILES string of the molecule is O=C(CCS(=O)(=O)c1ccc2c(c1)CCN2C(=O)C1CC1)Nc1ccccc1Cl. The quantitative estimate of drug-likeness (QED) is 0.757. The van der Waals surface area contributed by atoms with E-state index in [2.05, 4.69) is 5.32 Å². The monoisotopic (exact) mass is 432 g/mol. The summed E-state index contributed by atoms with van der Waals surface area (Å²) in [6.45, 7) is 0.592. The summed E-state index contributed by atoms with van der Waals surface area (Å²) in [6.07, 6.45) is 2.35. The van der Waals surface area contributed by atoms with Crippen LogP contribution in [0.4, 0.5) is 11.4 Å². The largest absolute Gasteiger partial charge is 0.325 e. The predicted molar refractivity (Wildman–Crippen MR) is 112 cm³/mol. The molecule has 2 aromatic rings. The van der Waals surface area contributed by atoms with Gasteiger partial charge in [-0.1, -0.05) is 23.7 Å². The Morgan fingerprint density at radius 2 is 1.90 bits per heavy atom. The molecule has 29 heavy (non-hydrogen) atoms. The van der Waals surface area contributed by atoms with Crippen molar-refractivity contribution < 1.29 is 18.0 Å². The minimum atomic E-state index is -3.62. The van der Waals surface area contributed by atoms with E-state index in [0.717, 1.165) is 24.1 Å². The lowest BCUT2D eigenvalue weighted by Gasteiger charge is -2.17. The molecule has 6 nitrogen and oxygen atoms in total. The molecule has 1 saturated carbocycles. The minimum Gasteiger partial charge on any atom is -0.325 e. The summed E-state index contributed by atoms with van der Waals surface area (Å²) in [5, 5.41) is 3.03. The molecule has 1 aliphatic heterocycles. The van der Waals surface area contributed by atoms with E-state index in [4.69, 9.17) is 11.6 Å². The van der Waals surface area contributed by atoms with Crippen molar-refractivity contribution in [3.05, 3.63) is 53.1 Å². The first-order valence-corrected chi connectivity index (χ1v) is 11.6. The predicted octanol–water partition coefficient (Wildman–Crippen LogP) is 3.44. The maximum Gasteiger partial charge on any atom is 0.230 e. The third-order valence-electron chi connectivity index (χ3n) is 5.24. The standard InChI is InChI=1S/C21H21ClN2O4S/c22-17-3-1-2-4-18(17)23-20(25)10-12-29(27,28)16-7-8-19-15(13-16)9-11-24(19)21(26)14-5-6-14/h1-4,7-8,13-14H,5-6,9-12H2,(H,23,25). The van der Waals surface area contributed by atoms with E-state index in [-0.39, 0.29) is 28.9 Å². The van der Waals surface area contributed by atoms with Gasteiger partial charge in [-0.2, -0.15) is 0 Å². The van der Waals surface area contributed by atoms with E-state index in [1.165, 1.54) is 6.07 Å². The number of rotatable bonds is 6. The van der Waals surface area contributed by atoms with Gasteiger partial charge in [0.2, 0.25) is 11.8 Å². The first-order chi connectivity index (χ1) is 13.8. The molecule has 2 aromatic carbocycles. The van der Waals surface area contributed by atoms with Crippen LogP contribution >= 0.6 is 11.6 Å². The van der Waals surface area contributed by atoms with E-state index in [1.54, 1.807) is 41.3 Å². The number of para-hydroxylation sites is 1. The second kappa shape index (κ2) is 7.80. The van der Waals surface area contributed by atoms with Gasteiger partial charge >= 0.3 is 0 Å². The van der Waals surface area contributed by atoms with Crippen LogP contribution in [-0.4, -0.2) is 32.5 Å². The zero-order valence-electron chi connectivity index (χ0n) is 15.7. The van der Waals surface area contributed by atoms with E-state index >= 15 is 0 Å². The number of hydrogen-bond donors (Lipinski definition) is 1. The van der Waals surface area contributed by atoms with Crippen LogP contribution in [0.3, 0.4) is 0 Å². The molecule has 0 bridgehead atoms. The zero-order chi connectivity index (χ0) is 20.6. The smallest absolute Gasteiger partial charge is 0.230 e. The Balaban J connectivity index is 1.42. The number of amides is 2. The summed E-state index contributed by atoms with van der Waals surface area (Å²) in [5.41, 5.74) is 2.12. The average Bonchev–Trinajstić information content (AvgIpc) is 3.47. The molecule has 2 aliphatic rings. The number of nitrogens with zero attached hydrogens (tertiary/aromatic N) is 1. The summed E-state index contributed by atoms with van der Waals surface area (Å²) in [4.78, 5) is 26.4. The highest BCUT2D eigenvalue weighted by Crippen LogP contribution is 2.37. The van der Waals surface area contributed by atoms with Gasteiger partial charge < -0.3 is 10.2 Å². The van der Waals surface area contributed by atoms with Gasteiger partial charge in [0.1, 0.15) is 0 Å². The molecule has 152 valence electrons. The highest BCUT2D eigenvalue weighted by atomic mass is 35.5. The van der Waals surface area contributed by atoms with Crippen LogP contribution < -0.4 is 10.2 Å². The third-order valence-corrected chi connectivity index (χ3v) is 7.29. The van der Waals surface area contributed by atoms with Crippen molar-refractivity contribution in [2.45, 2.75) is 30.6 Å². The van der Waals surface area contributed by atoms with E-state index in [0.29, 0.717) is 23.7 Å². The molecule has 0 spiro atoms. The van der Waals surface area contributed by atoms with Crippen LogP contribution in [0.15, 0.2) is 47.4 Å². The zero-order valence-corrected chi connectivity index (χ0v) is 17.3. The van der Waals surface area contributed by atoms with Gasteiger partial charge in [0, 0.05) is 24.6 Å². The Kier molecular flexibility index (Phi) is 5.36. The van der Waals surface area contributed by atoms with Gasteiger partial charge in [-0.15, -0.1) is 0 Å². The summed E-state index contributed by atoms with van der Waals surface area (Å²) >= 11 is 6.00. The number of hydrogen-bond acceptors (Lipinski definition) is 4. The first kappa shape index (κ1) is 19.9. The van der Waals surface area contributed by atoms with Crippen LogP contribution in [0.5, 0.6) is 0 Å². The van der Waals surface area contributed by atoms with E-state index < -0.39 is 15.7 Å². The van der Waals surface area contributed by atoms with Gasteiger partial charge in [-0.25, -0.2) is 8.42 Å². The molecule has 0 aromatic heterocycles. The van der Waals surface area contributed by atoms with Gasteiger partial charge in [0.25, 0.3) is 0 Å². The minimum absolute atomic E-state index is 0.126. The average molecular weight is 433 g/mol. The number of fused-ring (bicyclic) bond motifs is 1. The van der Waals surface area contributed by atoms with Gasteiger partial charge in [-0.3, -0.25) is 9.59 Å². The summed E-state index contributed by atoms with van der Waals surface area (Å²) in [7, 11) is -3.62. The van der Waals surface area contributed by atoms with Crippen molar-refractivity contribution in [1.29, 1.82) is 0 Å². The number of carbonyl (C=O) groups is 2. The van der Waals surface area contributed by atoms with Gasteiger partial charge in [0.05, 0.1) is 21.4 Å². The fourth-order valence-corrected chi connectivity index (χ4v) is 4.94. The Hall–Kier alpha value is -2.38. The van der Waals surface area contributed by atoms with E-state index in [1.807, 2.05) is 0 Å². The fourth-order valence-electron chi connectivity index (χ4n) is 3.47. The van der Waals surface area contributed by atoms with Crippen molar-refractivity contribution in [3.8, 4) is 0 Å². The first-order valence-electron chi connectivity index (χ1n) is 9.56. The van der Waals surface area contributed by atoms with Crippen molar-refractivity contribution >= 4 is 44.6 Å². The van der Waals surface area contributed by atoms with Crippen molar-refractivity contribution in [1.82, 2.24) is 0 Å². The van der Waals surface area contributed by atoms with Crippen molar-refractivity contribution in [2.75, 3.05) is 22.5 Å². The molecule has 8 heteroatoms. The molecular formula is C21H21ClN2O4S. The fraction of sp³-hybridized carbons (Fsp3) is 0.333. The highest BCUT2D eigenvalue weighted by Gasteiger charge is 2.36. The van der Waals surface area contributed by atoms with Crippen LogP contribution in [-0.2, 0) is 25.8 Å². The third kappa shape index (κ3) is 4.31. The summed E-state index contributed by atoms with van der Waals surface area (Å²) in [6, 6.07) is 11.7. The molecule has 0 saturated heterocycles. The number of nitrogens with one attached hydrogen (secondary N) is 1.